The van der Waals surface area contributed by atoms with E-state index in [1.807, 2.05) is 0 Å². The molecular formula is C24H39N3O6. The number of carbonyl (C=O) groups is 3. The number of nitrogens with two attached hydrogens (primary N) is 3. The van der Waals surface area contributed by atoms with Crippen LogP contribution < -0.4 is 17.2 Å². The van der Waals surface area contributed by atoms with Crippen molar-refractivity contribution in [3.8, 4) is 0 Å². The number of carbonyl (C=O) groups excluding carboxylic acids is 3. The minimum atomic E-state index is -0.752. The quantitative estimate of drug-likeness (QED) is 0.260. The summed E-state index contributed by atoms with van der Waals surface area (Å²) in [4.78, 5) is 33.3. The van der Waals surface area contributed by atoms with Crippen LogP contribution in [0.5, 0.6) is 0 Å². The molecular weight excluding hydrogens is 426 g/mol. The highest BCUT2D eigenvalue weighted by atomic mass is 16.5. The van der Waals surface area contributed by atoms with E-state index in [9.17, 15) is 14.4 Å². The molecule has 0 aromatic heterocycles. The maximum Gasteiger partial charge on any atom is 0.326 e. The Labute approximate surface area is 196 Å². The lowest BCUT2D eigenvalue weighted by atomic mass is 10.2. The van der Waals surface area contributed by atoms with Crippen LogP contribution in [0.3, 0.4) is 0 Å². The molecule has 0 spiro atoms. The molecule has 0 aliphatic heterocycles. The van der Waals surface area contributed by atoms with Crippen LogP contribution in [0.15, 0.2) is 38.0 Å². The molecule has 0 heterocycles. The molecule has 0 saturated heterocycles. The van der Waals surface area contributed by atoms with Crippen molar-refractivity contribution < 1.29 is 28.6 Å². The maximum atomic E-state index is 11.1. The van der Waals surface area contributed by atoms with Crippen molar-refractivity contribution in [3.05, 3.63) is 38.0 Å². The predicted molar refractivity (Wildman–Crippen MR) is 126 cm³/mol. The summed E-state index contributed by atoms with van der Waals surface area (Å²) in [5.41, 5.74) is 14.8. The molecule has 2 unspecified atom stereocenters. The van der Waals surface area contributed by atoms with Gasteiger partial charge in [0.1, 0.15) is 16.6 Å². The lowest BCUT2D eigenvalue weighted by Gasteiger charge is -2.07. The van der Waals surface area contributed by atoms with Gasteiger partial charge in [-0.1, -0.05) is 18.2 Å². The highest BCUT2D eigenvalue weighted by Crippen LogP contribution is 2.43. The summed E-state index contributed by atoms with van der Waals surface area (Å²) in [6.07, 6.45) is 7.14. The van der Waals surface area contributed by atoms with E-state index in [2.05, 4.69) is 19.7 Å². The predicted octanol–water partition coefficient (Wildman–Crippen LogP) is 1.36. The van der Waals surface area contributed by atoms with E-state index < -0.39 is 16.6 Å². The fraction of sp³-hybridized carbons (Fsp3) is 0.625. The van der Waals surface area contributed by atoms with Gasteiger partial charge < -0.3 is 31.4 Å². The number of hydrogen-bond donors (Lipinski definition) is 3. The first kappa shape index (κ1) is 28.5. The van der Waals surface area contributed by atoms with Crippen molar-refractivity contribution in [2.45, 2.75) is 56.7 Å². The lowest BCUT2D eigenvalue weighted by Crippen LogP contribution is -2.36. The molecule has 186 valence electrons. The van der Waals surface area contributed by atoms with Crippen molar-refractivity contribution in [3.63, 3.8) is 0 Å². The van der Waals surface area contributed by atoms with Crippen LogP contribution in [-0.2, 0) is 28.6 Å². The molecule has 3 saturated carbocycles. The third-order valence-electron chi connectivity index (χ3n) is 6.00. The molecule has 33 heavy (non-hydrogen) atoms. The van der Waals surface area contributed by atoms with Gasteiger partial charge in [0.15, 0.2) is 0 Å². The molecule has 0 aromatic rings. The number of esters is 3. The molecule has 0 aromatic carbocycles. The maximum absolute atomic E-state index is 11.1. The zero-order chi connectivity index (χ0) is 25.4. The molecule has 9 heteroatoms. The van der Waals surface area contributed by atoms with Crippen molar-refractivity contribution in [1.82, 2.24) is 0 Å². The zero-order valence-electron chi connectivity index (χ0n) is 20.0. The summed E-state index contributed by atoms with van der Waals surface area (Å²) >= 11 is 0. The Morgan fingerprint density at radius 1 is 0.667 bits per heavy atom. The average molecular weight is 466 g/mol. The van der Waals surface area contributed by atoms with Gasteiger partial charge in [-0.2, -0.15) is 0 Å². The van der Waals surface area contributed by atoms with Gasteiger partial charge in [-0.25, -0.2) is 0 Å². The fourth-order valence-corrected chi connectivity index (χ4v) is 3.30. The highest BCUT2D eigenvalue weighted by Gasteiger charge is 2.58. The summed E-state index contributed by atoms with van der Waals surface area (Å²) in [7, 11) is 0. The van der Waals surface area contributed by atoms with E-state index in [0.29, 0.717) is 39.1 Å². The summed E-state index contributed by atoms with van der Waals surface area (Å²) in [6, 6.07) is 0. The van der Waals surface area contributed by atoms with E-state index >= 15 is 0 Å². The molecule has 3 rings (SSSR count). The highest BCUT2D eigenvalue weighted by molar-refractivity contribution is 5.86. The second kappa shape index (κ2) is 11.6. The van der Waals surface area contributed by atoms with Gasteiger partial charge in [0.2, 0.25) is 0 Å². The van der Waals surface area contributed by atoms with E-state index in [-0.39, 0.29) is 35.7 Å². The minimum absolute atomic E-state index is 0.113. The summed E-state index contributed by atoms with van der Waals surface area (Å²) in [5.74, 6) is -0.565. The standard InChI is InChI=1S/3C8H13NO2/c3*1-3-6-5-8(6,9)7(10)11-4-2/h3*3,6H,1,4-5,9H2,2H3/t2*6-,8-;/m10./s1. The van der Waals surface area contributed by atoms with Crippen molar-refractivity contribution in [2.24, 2.45) is 35.0 Å². The Kier molecular flexibility index (Phi) is 10.0. The number of hydrogen-bond acceptors (Lipinski definition) is 9. The van der Waals surface area contributed by atoms with E-state index in [1.165, 1.54) is 0 Å². The van der Waals surface area contributed by atoms with Crippen molar-refractivity contribution in [2.75, 3.05) is 19.8 Å². The molecule has 0 bridgehead atoms. The first-order valence-corrected chi connectivity index (χ1v) is 11.2. The van der Waals surface area contributed by atoms with E-state index in [4.69, 9.17) is 31.4 Å². The Balaban J connectivity index is 0.000000247. The summed E-state index contributed by atoms with van der Waals surface area (Å²) in [5, 5.41) is 0. The van der Waals surface area contributed by atoms with Crippen LogP contribution in [-0.4, -0.2) is 54.3 Å². The van der Waals surface area contributed by atoms with Crippen LogP contribution in [0.25, 0.3) is 0 Å². The molecule has 9 nitrogen and oxygen atoms in total. The second-order valence-corrected chi connectivity index (χ2v) is 8.42. The van der Waals surface area contributed by atoms with Crippen molar-refractivity contribution in [1.29, 1.82) is 0 Å². The normalized spacial score (nSPS) is 34.5. The second-order valence-electron chi connectivity index (χ2n) is 8.42. The molecule has 6 atom stereocenters. The number of ether oxygens (including phenoxy) is 3. The molecule has 0 amide bonds. The van der Waals surface area contributed by atoms with Gasteiger partial charge in [-0.3, -0.25) is 14.4 Å². The van der Waals surface area contributed by atoms with Gasteiger partial charge in [0.25, 0.3) is 0 Å². The van der Waals surface area contributed by atoms with E-state index in [0.717, 1.165) is 0 Å². The van der Waals surface area contributed by atoms with Gasteiger partial charge in [0, 0.05) is 17.8 Å². The monoisotopic (exact) mass is 465 g/mol. The molecule has 6 N–H and O–H groups in total. The zero-order valence-corrected chi connectivity index (χ0v) is 20.0. The summed E-state index contributed by atoms with van der Waals surface area (Å²) in [6.45, 7) is 17.2. The van der Waals surface area contributed by atoms with Crippen LogP contribution in [0.4, 0.5) is 0 Å². The van der Waals surface area contributed by atoms with Gasteiger partial charge in [0.05, 0.1) is 19.8 Å². The molecule has 0 radical (unpaired) electrons. The third kappa shape index (κ3) is 6.75. The summed E-state index contributed by atoms with van der Waals surface area (Å²) < 4.78 is 14.4. The number of rotatable bonds is 9. The van der Waals surface area contributed by atoms with E-state index in [1.54, 1.807) is 39.0 Å². The smallest absolute Gasteiger partial charge is 0.326 e. The largest absolute Gasteiger partial charge is 0.465 e. The first-order valence-electron chi connectivity index (χ1n) is 11.2. The molecule has 3 aliphatic rings. The van der Waals surface area contributed by atoms with Crippen molar-refractivity contribution >= 4 is 17.9 Å². The Morgan fingerprint density at radius 2 is 0.879 bits per heavy atom. The topological polar surface area (TPSA) is 157 Å². The Bertz CT molecular complexity index is 671. The Hall–Kier alpha value is -2.49. The van der Waals surface area contributed by atoms with Crippen LogP contribution in [0.1, 0.15) is 40.0 Å². The third-order valence-corrected chi connectivity index (χ3v) is 6.00. The fourth-order valence-electron chi connectivity index (χ4n) is 3.30. The lowest BCUT2D eigenvalue weighted by molar-refractivity contribution is -0.146. The molecule has 3 fully saturated rings. The van der Waals surface area contributed by atoms with Gasteiger partial charge in [-0.05, 0) is 40.0 Å². The van der Waals surface area contributed by atoms with Gasteiger partial charge >= 0.3 is 17.9 Å². The average Bonchev–Trinajstić information content (AvgIpc) is 3.72. The first-order chi connectivity index (χ1) is 15.4. The Morgan fingerprint density at radius 3 is 1.00 bits per heavy atom. The SMILES string of the molecule is C=CC1CC1(N)C(=O)OCC.C=C[C@@H]1C[C@]1(N)C(=O)OCC.C=C[C@H]1C[C@@]1(N)C(=O)OCC. The van der Waals surface area contributed by atoms with Crippen LogP contribution in [0, 0.1) is 17.8 Å². The van der Waals surface area contributed by atoms with Crippen LogP contribution >= 0.6 is 0 Å². The minimum Gasteiger partial charge on any atom is -0.465 e. The van der Waals surface area contributed by atoms with Crippen LogP contribution in [0.2, 0.25) is 0 Å². The van der Waals surface area contributed by atoms with Gasteiger partial charge in [-0.15, -0.1) is 19.7 Å². The molecule has 3 aliphatic carbocycles.